The molecular weight excluding hydrogens is 512 g/mol. The van der Waals surface area contributed by atoms with Gasteiger partial charge in [0.05, 0.1) is 24.6 Å². The molecule has 5 N–H and O–H groups in total. The number of rotatable bonds is 8. The zero-order valence-electron chi connectivity index (χ0n) is 21.9. The predicted octanol–water partition coefficient (Wildman–Crippen LogP) is -0.977. The number of nitrogens with two attached hydrogens (primary N) is 1. The number of ketones is 4. The van der Waals surface area contributed by atoms with Crippen molar-refractivity contribution in [2.75, 3.05) is 27.7 Å². The molecule has 0 spiro atoms. The molecular formula is C26H32N4O9. The zero-order chi connectivity index (χ0) is 29.0. The van der Waals surface area contributed by atoms with Crippen molar-refractivity contribution in [2.24, 2.45) is 29.4 Å². The third kappa shape index (κ3) is 4.31. The number of aliphatic hydroxyl groups is 1. The lowest BCUT2D eigenvalue weighted by Crippen LogP contribution is -2.74. The minimum Gasteiger partial charge on any atom is -0.507 e. The molecule has 6 atom stereocenters. The second-order valence-electron chi connectivity index (χ2n) is 10.5. The van der Waals surface area contributed by atoms with Crippen LogP contribution >= 0.6 is 0 Å². The molecule has 2 unspecified atom stereocenters. The van der Waals surface area contributed by atoms with Gasteiger partial charge in [0, 0.05) is 24.3 Å². The number of primary amides is 1. The Morgan fingerprint density at radius 3 is 2.46 bits per heavy atom. The van der Waals surface area contributed by atoms with Crippen LogP contribution in [0.2, 0.25) is 0 Å². The topological polar surface area (TPSA) is 191 Å². The molecule has 1 aromatic carbocycles. The standard InChI is InChI=1S/C26H32N4O9/c1-5-8-29(30(38)39-4)11-12-6-7-16(31)18-14(12)9-13-10-15-20(28(2)3)22(33)19(25(27)36)24(35)26(15,37)23(34)17(13)21(18)32/h5-7,13,15,17,19-20,31,37-38H,1,8-11H2,2-4H3,(H2,27,36)/t13-,15-,17?,19?,20-,26-/m0/s1. The van der Waals surface area contributed by atoms with Crippen LogP contribution in [0.15, 0.2) is 24.8 Å². The van der Waals surface area contributed by atoms with E-state index in [9.17, 15) is 39.4 Å². The first-order valence-corrected chi connectivity index (χ1v) is 12.4. The summed E-state index contributed by atoms with van der Waals surface area (Å²) in [6.45, 7) is 3.87. The molecule has 2 fully saturated rings. The Hall–Kier alpha value is -3.33. The number of hydrogen-bond acceptors (Lipinski definition) is 12. The van der Waals surface area contributed by atoms with Crippen LogP contribution in [0.25, 0.3) is 0 Å². The molecule has 1 amide bonds. The van der Waals surface area contributed by atoms with E-state index in [1.165, 1.54) is 43.3 Å². The number of phenols is 1. The van der Waals surface area contributed by atoms with Crippen molar-refractivity contribution in [3.8, 4) is 5.75 Å². The summed E-state index contributed by atoms with van der Waals surface area (Å²) < 4.78 is 0. The Morgan fingerprint density at radius 2 is 1.90 bits per heavy atom. The SMILES string of the molecule is C=CCN(Cc1ccc(O)c2c1C[C@H]1C[C@H]3[C@H](N(C)C)C(=O)C(C(N)=O)C(=O)[C@@]3(O)C(=O)C1C2=O)N(O)OC. The van der Waals surface area contributed by atoms with E-state index >= 15 is 0 Å². The average Bonchev–Trinajstić information content (AvgIpc) is 2.86. The van der Waals surface area contributed by atoms with E-state index in [1.54, 1.807) is 6.07 Å². The first-order chi connectivity index (χ1) is 18.3. The number of hydrazine groups is 1. The minimum atomic E-state index is -2.78. The van der Waals surface area contributed by atoms with Gasteiger partial charge >= 0.3 is 0 Å². The van der Waals surface area contributed by atoms with E-state index in [0.29, 0.717) is 16.5 Å². The van der Waals surface area contributed by atoms with Crippen LogP contribution < -0.4 is 5.73 Å². The highest BCUT2D eigenvalue weighted by atomic mass is 16.9. The third-order valence-electron chi connectivity index (χ3n) is 8.14. The molecule has 0 radical (unpaired) electrons. The molecule has 3 aliphatic carbocycles. The smallest absolute Gasteiger partial charge is 0.235 e. The summed E-state index contributed by atoms with van der Waals surface area (Å²) in [6.07, 6.45) is 1.57. The Balaban J connectivity index is 1.81. The molecule has 0 saturated heterocycles. The van der Waals surface area contributed by atoms with Crippen molar-refractivity contribution < 1.29 is 44.2 Å². The van der Waals surface area contributed by atoms with Gasteiger partial charge in [0.1, 0.15) is 5.75 Å². The average molecular weight is 545 g/mol. The number of nitrogens with zero attached hydrogens (tertiary/aromatic N) is 3. The predicted molar refractivity (Wildman–Crippen MR) is 133 cm³/mol. The Bertz CT molecular complexity index is 1260. The maximum Gasteiger partial charge on any atom is 0.235 e. The lowest BCUT2D eigenvalue weighted by molar-refractivity contribution is -0.432. The molecule has 1 aromatic rings. The molecule has 0 aliphatic heterocycles. The maximum absolute atomic E-state index is 13.8. The summed E-state index contributed by atoms with van der Waals surface area (Å²) in [5.74, 6) is -11.1. The van der Waals surface area contributed by atoms with Crippen molar-refractivity contribution in [2.45, 2.75) is 31.0 Å². The van der Waals surface area contributed by atoms with E-state index in [1.807, 2.05) is 0 Å². The van der Waals surface area contributed by atoms with Gasteiger partial charge in [-0.25, -0.2) is 0 Å². The van der Waals surface area contributed by atoms with Gasteiger partial charge in [-0.2, -0.15) is 5.01 Å². The molecule has 13 nitrogen and oxygen atoms in total. The molecule has 13 heteroatoms. The highest BCUT2D eigenvalue weighted by Gasteiger charge is 2.69. The molecule has 4 rings (SSSR count). The first-order valence-electron chi connectivity index (χ1n) is 12.4. The number of benzene rings is 1. The van der Waals surface area contributed by atoms with Gasteiger partial charge in [0.2, 0.25) is 5.91 Å². The molecule has 210 valence electrons. The van der Waals surface area contributed by atoms with E-state index in [4.69, 9.17) is 10.6 Å². The number of Topliss-reactive ketones (excluding diaryl/α,β-unsaturated/α-hetero) is 4. The van der Waals surface area contributed by atoms with Crippen molar-refractivity contribution in [1.82, 2.24) is 15.2 Å². The number of carbonyl (C=O) groups is 5. The zero-order valence-corrected chi connectivity index (χ0v) is 21.9. The number of phenolic OH excluding ortho intramolecular Hbond substituents is 1. The van der Waals surface area contributed by atoms with Crippen LogP contribution in [-0.4, -0.2) is 99.1 Å². The fourth-order valence-corrected chi connectivity index (χ4v) is 6.47. The number of likely N-dealkylation sites (N-methyl/N-ethyl adjacent to an activating group) is 1. The number of hydrogen-bond donors (Lipinski definition) is 4. The molecule has 39 heavy (non-hydrogen) atoms. The van der Waals surface area contributed by atoms with Gasteiger partial charge in [-0.1, -0.05) is 12.1 Å². The van der Waals surface area contributed by atoms with Gasteiger partial charge in [-0.3, -0.25) is 38.9 Å². The highest BCUT2D eigenvalue weighted by Crippen LogP contribution is 2.51. The number of amides is 1. The Labute approximate surface area is 224 Å². The van der Waals surface area contributed by atoms with E-state index in [-0.39, 0.29) is 37.2 Å². The molecule has 0 bridgehead atoms. The monoisotopic (exact) mass is 544 g/mol. The van der Waals surface area contributed by atoms with E-state index in [2.05, 4.69) is 6.58 Å². The second kappa shape index (κ2) is 10.3. The lowest BCUT2D eigenvalue weighted by Gasteiger charge is -2.52. The fourth-order valence-electron chi connectivity index (χ4n) is 6.47. The number of carbonyl (C=O) groups excluding carboxylic acids is 5. The first kappa shape index (κ1) is 28.7. The lowest BCUT2D eigenvalue weighted by atomic mass is 9.52. The fraction of sp³-hybridized carbons (Fsp3) is 0.500. The largest absolute Gasteiger partial charge is 0.507 e. The van der Waals surface area contributed by atoms with Crippen molar-refractivity contribution in [3.05, 3.63) is 41.5 Å². The van der Waals surface area contributed by atoms with Gasteiger partial charge < -0.3 is 15.9 Å². The van der Waals surface area contributed by atoms with Gasteiger partial charge in [0.25, 0.3) is 0 Å². The summed E-state index contributed by atoms with van der Waals surface area (Å²) in [5, 5.41) is 34.2. The van der Waals surface area contributed by atoms with Gasteiger partial charge in [-0.05, 0) is 50.0 Å². The van der Waals surface area contributed by atoms with Crippen LogP contribution in [0, 0.1) is 23.7 Å². The number of fused-ring (bicyclic) bond motifs is 3. The Kier molecular flexibility index (Phi) is 7.60. The molecule has 3 aliphatic rings. The third-order valence-corrected chi connectivity index (χ3v) is 8.14. The van der Waals surface area contributed by atoms with Crippen LogP contribution in [0.3, 0.4) is 0 Å². The number of aromatic hydroxyl groups is 1. The van der Waals surface area contributed by atoms with Gasteiger partial charge in [-0.15, -0.1) is 6.58 Å². The maximum atomic E-state index is 13.8. The summed E-state index contributed by atoms with van der Waals surface area (Å²) >= 11 is 0. The summed E-state index contributed by atoms with van der Waals surface area (Å²) in [6, 6.07) is 1.69. The highest BCUT2D eigenvalue weighted by molar-refractivity contribution is 6.32. The molecule has 0 aromatic heterocycles. The van der Waals surface area contributed by atoms with Gasteiger partial charge in [0.15, 0.2) is 34.7 Å². The molecule has 0 heterocycles. The second-order valence-corrected chi connectivity index (χ2v) is 10.5. The van der Waals surface area contributed by atoms with E-state index < -0.39 is 64.4 Å². The summed E-state index contributed by atoms with van der Waals surface area (Å²) in [5.41, 5.74) is 3.41. The summed E-state index contributed by atoms with van der Waals surface area (Å²) in [4.78, 5) is 72.4. The summed E-state index contributed by atoms with van der Waals surface area (Å²) in [7, 11) is 4.30. The van der Waals surface area contributed by atoms with Crippen LogP contribution in [0.4, 0.5) is 0 Å². The van der Waals surface area contributed by atoms with Crippen LogP contribution in [0.5, 0.6) is 5.75 Å². The minimum absolute atomic E-state index is 0.0442. The Morgan fingerprint density at radius 1 is 1.23 bits per heavy atom. The van der Waals surface area contributed by atoms with Crippen LogP contribution in [-0.2, 0) is 37.0 Å². The molecule has 2 saturated carbocycles. The van der Waals surface area contributed by atoms with E-state index in [0.717, 1.165) is 0 Å². The van der Waals surface area contributed by atoms with Crippen molar-refractivity contribution in [3.63, 3.8) is 0 Å². The van der Waals surface area contributed by atoms with Crippen molar-refractivity contribution in [1.29, 1.82) is 0 Å². The van der Waals surface area contributed by atoms with Crippen LogP contribution in [0.1, 0.15) is 27.9 Å². The normalized spacial score (nSPS) is 30.4. The quantitative estimate of drug-likeness (QED) is 0.178. The van der Waals surface area contributed by atoms with Crippen molar-refractivity contribution >= 4 is 29.0 Å².